The minimum Gasteiger partial charge on any atom is -0.508 e. The van der Waals surface area contributed by atoms with Gasteiger partial charge in [0.1, 0.15) is 5.75 Å². The molecule has 0 unspecified atom stereocenters. The van der Waals surface area contributed by atoms with Crippen molar-refractivity contribution in [2.75, 3.05) is 0 Å². The molecule has 0 saturated carbocycles. The normalized spacial score (nSPS) is 10.3. The number of allylic oxidation sites excluding steroid dienone is 1. The van der Waals surface area contributed by atoms with E-state index < -0.39 is 0 Å². The summed E-state index contributed by atoms with van der Waals surface area (Å²) in [6.07, 6.45) is 2.51. The van der Waals surface area contributed by atoms with Crippen LogP contribution in [0.25, 0.3) is 11.1 Å². The zero-order chi connectivity index (χ0) is 9.97. The molecule has 0 aromatic rings. The summed E-state index contributed by atoms with van der Waals surface area (Å²) >= 11 is 0. The van der Waals surface area contributed by atoms with Crippen molar-refractivity contribution < 1.29 is 5.11 Å². The van der Waals surface area contributed by atoms with Gasteiger partial charge in [0.15, 0.2) is 0 Å². The minimum absolute atomic E-state index is 0.367. The van der Waals surface area contributed by atoms with Gasteiger partial charge in [-0.05, 0) is 23.6 Å². The summed E-state index contributed by atoms with van der Waals surface area (Å²) < 4.78 is 0. The standard InChI is InChI=1S/C13H12O/c1-2-6-12-11-8-5-3-4-7-10(11)9-13(12)14/h2-5,7-9,14H,1,6H2. The van der Waals surface area contributed by atoms with E-state index in [2.05, 4.69) is 6.58 Å². The smallest absolute Gasteiger partial charge is 0.120 e. The van der Waals surface area contributed by atoms with Gasteiger partial charge in [-0.15, -0.1) is 6.58 Å². The van der Waals surface area contributed by atoms with Crippen LogP contribution in [0, 0.1) is 0 Å². The van der Waals surface area contributed by atoms with E-state index >= 15 is 0 Å². The molecule has 0 bridgehead atoms. The van der Waals surface area contributed by atoms with Crippen molar-refractivity contribution in [1.29, 1.82) is 0 Å². The van der Waals surface area contributed by atoms with Crippen LogP contribution < -0.4 is 0 Å². The molecule has 14 heavy (non-hydrogen) atoms. The fraction of sp³-hybridized carbons (Fsp3) is 0.0769. The molecule has 1 nitrogen and oxygen atoms in total. The molecule has 1 heteroatoms. The maximum atomic E-state index is 9.70. The molecule has 0 amide bonds. The van der Waals surface area contributed by atoms with Crippen molar-refractivity contribution >= 4 is 0 Å². The topological polar surface area (TPSA) is 20.2 Å². The number of aromatic hydroxyl groups is 1. The SMILES string of the molecule is C=CCc1c(O)cc2cccccc1-2. The number of hydrogen-bond donors (Lipinski definition) is 1. The van der Waals surface area contributed by atoms with Crippen LogP contribution in [0.3, 0.4) is 0 Å². The van der Waals surface area contributed by atoms with Crippen LogP contribution in [0.2, 0.25) is 0 Å². The molecule has 0 aliphatic heterocycles. The van der Waals surface area contributed by atoms with E-state index in [1.165, 1.54) is 0 Å². The third-order valence-electron chi connectivity index (χ3n) is 2.35. The minimum atomic E-state index is 0.367. The highest BCUT2D eigenvalue weighted by Crippen LogP contribution is 2.35. The molecular weight excluding hydrogens is 172 g/mol. The summed E-state index contributed by atoms with van der Waals surface area (Å²) in [5.41, 5.74) is 3.14. The highest BCUT2D eigenvalue weighted by molar-refractivity contribution is 5.75. The van der Waals surface area contributed by atoms with E-state index in [1.807, 2.05) is 36.4 Å². The van der Waals surface area contributed by atoms with E-state index in [4.69, 9.17) is 0 Å². The van der Waals surface area contributed by atoms with Crippen LogP contribution in [0.1, 0.15) is 5.56 Å². The van der Waals surface area contributed by atoms with Crippen molar-refractivity contribution in [2.24, 2.45) is 0 Å². The number of rotatable bonds is 2. The molecule has 2 aliphatic rings. The summed E-state index contributed by atoms with van der Waals surface area (Å²) in [6, 6.07) is 11.8. The lowest BCUT2D eigenvalue weighted by Crippen LogP contribution is -1.79. The lowest BCUT2D eigenvalue weighted by molar-refractivity contribution is 0.472. The van der Waals surface area contributed by atoms with Gasteiger partial charge in [-0.25, -0.2) is 0 Å². The van der Waals surface area contributed by atoms with Crippen molar-refractivity contribution in [3.8, 4) is 16.9 Å². The highest BCUT2D eigenvalue weighted by atomic mass is 16.3. The van der Waals surface area contributed by atoms with Gasteiger partial charge < -0.3 is 5.11 Å². The predicted molar refractivity (Wildman–Crippen MR) is 58.6 cm³/mol. The summed E-state index contributed by atoms with van der Waals surface area (Å²) in [7, 11) is 0. The zero-order valence-corrected chi connectivity index (χ0v) is 7.90. The van der Waals surface area contributed by atoms with Crippen LogP contribution in [-0.4, -0.2) is 5.11 Å². The van der Waals surface area contributed by atoms with Crippen LogP contribution in [0.5, 0.6) is 5.75 Å². The number of hydrogen-bond acceptors (Lipinski definition) is 1. The first-order valence-electron chi connectivity index (χ1n) is 4.63. The molecule has 2 rings (SSSR count). The molecular formula is C13H12O. The molecule has 0 fully saturated rings. The largest absolute Gasteiger partial charge is 0.508 e. The molecule has 0 atom stereocenters. The maximum absolute atomic E-state index is 9.70. The molecule has 0 heterocycles. The Hall–Kier alpha value is -1.76. The average molecular weight is 184 g/mol. The fourth-order valence-electron chi connectivity index (χ4n) is 1.69. The molecule has 0 aromatic heterocycles. The maximum Gasteiger partial charge on any atom is 0.120 e. The fourth-order valence-corrected chi connectivity index (χ4v) is 1.69. The average Bonchev–Trinajstić information content (AvgIpc) is 2.39. The van der Waals surface area contributed by atoms with Crippen molar-refractivity contribution in [1.82, 2.24) is 0 Å². The first-order chi connectivity index (χ1) is 6.83. The third kappa shape index (κ3) is 1.37. The van der Waals surface area contributed by atoms with Gasteiger partial charge in [-0.3, -0.25) is 0 Å². The Labute approximate surface area is 83.7 Å². The Balaban J connectivity index is 2.64. The van der Waals surface area contributed by atoms with Gasteiger partial charge in [0, 0.05) is 5.56 Å². The molecule has 0 radical (unpaired) electrons. The van der Waals surface area contributed by atoms with Gasteiger partial charge >= 0.3 is 0 Å². The molecule has 1 N–H and O–H groups in total. The molecule has 0 aromatic carbocycles. The second-order valence-electron chi connectivity index (χ2n) is 3.28. The van der Waals surface area contributed by atoms with Crippen molar-refractivity contribution in [3.63, 3.8) is 0 Å². The van der Waals surface area contributed by atoms with Gasteiger partial charge in [-0.2, -0.15) is 0 Å². The van der Waals surface area contributed by atoms with E-state index in [1.54, 1.807) is 6.07 Å². The summed E-state index contributed by atoms with van der Waals surface area (Å²) in [4.78, 5) is 0. The van der Waals surface area contributed by atoms with Crippen molar-refractivity contribution in [2.45, 2.75) is 6.42 Å². The van der Waals surface area contributed by atoms with E-state index in [0.717, 1.165) is 16.7 Å². The predicted octanol–water partition coefficient (Wildman–Crippen LogP) is 3.23. The monoisotopic (exact) mass is 184 g/mol. The Bertz CT molecular complexity index is 432. The Morgan fingerprint density at radius 3 is 2.79 bits per heavy atom. The van der Waals surface area contributed by atoms with Gasteiger partial charge in [0.2, 0.25) is 0 Å². The van der Waals surface area contributed by atoms with Crippen LogP contribution in [0.4, 0.5) is 0 Å². The summed E-state index contributed by atoms with van der Waals surface area (Å²) in [6.45, 7) is 3.69. The quantitative estimate of drug-likeness (QED) is 0.710. The number of fused-ring (bicyclic) bond motifs is 1. The second kappa shape index (κ2) is 3.54. The third-order valence-corrected chi connectivity index (χ3v) is 2.35. The first kappa shape index (κ1) is 8.82. The van der Waals surface area contributed by atoms with Crippen molar-refractivity contribution in [3.05, 3.63) is 54.6 Å². The zero-order valence-electron chi connectivity index (χ0n) is 7.90. The second-order valence-corrected chi connectivity index (χ2v) is 3.28. The van der Waals surface area contributed by atoms with Crippen LogP contribution in [-0.2, 0) is 6.42 Å². The summed E-state index contributed by atoms with van der Waals surface area (Å²) in [5, 5.41) is 9.70. The molecule has 2 aliphatic carbocycles. The van der Waals surface area contributed by atoms with E-state index in [-0.39, 0.29) is 0 Å². The lowest BCUT2D eigenvalue weighted by atomic mass is 10.1. The lowest BCUT2D eigenvalue weighted by Gasteiger charge is -1.97. The molecule has 0 spiro atoms. The Morgan fingerprint density at radius 1 is 1.21 bits per heavy atom. The van der Waals surface area contributed by atoms with Gasteiger partial charge in [0.25, 0.3) is 0 Å². The van der Waals surface area contributed by atoms with E-state index in [0.29, 0.717) is 12.2 Å². The van der Waals surface area contributed by atoms with Gasteiger partial charge in [0.05, 0.1) is 0 Å². The van der Waals surface area contributed by atoms with Gasteiger partial charge in [-0.1, -0.05) is 36.4 Å². The van der Waals surface area contributed by atoms with Crippen LogP contribution >= 0.6 is 0 Å². The Kier molecular flexibility index (Phi) is 2.23. The molecule has 0 saturated heterocycles. The van der Waals surface area contributed by atoms with E-state index in [9.17, 15) is 5.11 Å². The van der Waals surface area contributed by atoms with Crippen LogP contribution in [0.15, 0.2) is 49.1 Å². The highest BCUT2D eigenvalue weighted by Gasteiger charge is 2.12. The summed E-state index contributed by atoms with van der Waals surface area (Å²) in [5.74, 6) is 0.367. The molecule has 70 valence electrons. The Morgan fingerprint density at radius 2 is 2.00 bits per heavy atom. The first-order valence-corrected chi connectivity index (χ1v) is 4.63.